The number of esters is 2. The van der Waals surface area contributed by atoms with Crippen molar-refractivity contribution in [2.75, 3.05) is 13.9 Å². The van der Waals surface area contributed by atoms with Crippen LogP contribution in [0, 0.1) is 0 Å². The molecule has 0 fully saturated rings. The molecular weight excluding hydrogens is 164 g/mol. The second-order valence-electron chi connectivity index (χ2n) is 1.92. The summed E-state index contributed by atoms with van der Waals surface area (Å²) in [6.45, 7) is 2.59. The lowest BCUT2D eigenvalue weighted by Crippen LogP contribution is -2.11. The van der Waals surface area contributed by atoms with Crippen molar-refractivity contribution in [1.29, 1.82) is 0 Å². The number of aliphatic hydroxyl groups excluding tert-OH is 1. The van der Waals surface area contributed by atoms with Gasteiger partial charge in [0.15, 0.2) is 6.79 Å². The van der Waals surface area contributed by atoms with E-state index >= 15 is 0 Å². The first-order valence-electron chi connectivity index (χ1n) is 3.14. The fourth-order valence-electron chi connectivity index (χ4n) is 0.514. The van der Waals surface area contributed by atoms with Crippen LogP contribution in [-0.4, -0.2) is 30.9 Å². The van der Waals surface area contributed by atoms with Crippen molar-refractivity contribution in [2.45, 2.75) is 6.42 Å². The van der Waals surface area contributed by atoms with Crippen LogP contribution in [0.3, 0.4) is 0 Å². The predicted molar refractivity (Wildman–Crippen MR) is 39.0 cm³/mol. The van der Waals surface area contributed by atoms with Gasteiger partial charge in [0.25, 0.3) is 0 Å². The van der Waals surface area contributed by atoms with Crippen LogP contribution in [0.5, 0.6) is 0 Å². The lowest BCUT2D eigenvalue weighted by atomic mass is 10.2. The summed E-state index contributed by atoms with van der Waals surface area (Å²) in [7, 11) is 1.19. The summed E-state index contributed by atoms with van der Waals surface area (Å²) in [4.78, 5) is 21.3. The third-order valence-corrected chi connectivity index (χ3v) is 1.06. The largest absolute Gasteiger partial charge is 0.466 e. The van der Waals surface area contributed by atoms with Gasteiger partial charge in [-0.25, -0.2) is 4.79 Å². The van der Waals surface area contributed by atoms with Gasteiger partial charge in [0.1, 0.15) is 0 Å². The molecule has 5 nitrogen and oxygen atoms in total. The maximum atomic E-state index is 10.7. The minimum atomic E-state index is -0.715. The zero-order chi connectivity index (χ0) is 9.56. The third-order valence-electron chi connectivity index (χ3n) is 1.06. The van der Waals surface area contributed by atoms with Crippen LogP contribution in [0.25, 0.3) is 0 Å². The van der Waals surface area contributed by atoms with Gasteiger partial charge in [0, 0.05) is 5.57 Å². The molecule has 0 atom stereocenters. The Balaban J connectivity index is 3.84. The van der Waals surface area contributed by atoms with Gasteiger partial charge in [-0.2, -0.15) is 0 Å². The molecular formula is C7H10O5. The molecule has 0 aliphatic carbocycles. The Morgan fingerprint density at radius 2 is 2.08 bits per heavy atom. The van der Waals surface area contributed by atoms with Crippen molar-refractivity contribution >= 4 is 11.9 Å². The molecule has 0 rings (SSSR count). The van der Waals surface area contributed by atoms with E-state index in [0.717, 1.165) is 0 Å². The van der Waals surface area contributed by atoms with E-state index in [2.05, 4.69) is 16.1 Å². The van der Waals surface area contributed by atoms with Gasteiger partial charge in [-0.1, -0.05) is 6.58 Å². The zero-order valence-corrected chi connectivity index (χ0v) is 6.70. The first kappa shape index (κ1) is 10.6. The molecule has 0 aromatic heterocycles. The van der Waals surface area contributed by atoms with Crippen LogP contribution in [0.4, 0.5) is 0 Å². The van der Waals surface area contributed by atoms with Crippen LogP contribution in [-0.2, 0) is 19.1 Å². The molecule has 0 saturated heterocycles. The Morgan fingerprint density at radius 3 is 2.50 bits per heavy atom. The van der Waals surface area contributed by atoms with Crippen molar-refractivity contribution in [2.24, 2.45) is 0 Å². The second kappa shape index (κ2) is 5.31. The zero-order valence-electron chi connectivity index (χ0n) is 6.70. The molecule has 0 aromatic carbocycles. The first-order valence-corrected chi connectivity index (χ1v) is 3.14. The molecule has 12 heavy (non-hydrogen) atoms. The van der Waals surface area contributed by atoms with Crippen LogP contribution in [0.15, 0.2) is 12.2 Å². The highest BCUT2D eigenvalue weighted by molar-refractivity contribution is 5.93. The molecule has 0 bridgehead atoms. The van der Waals surface area contributed by atoms with Crippen LogP contribution in [0.2, 0.25) is 0 Å². The maximum Gasteiger partial charge on any atom is 0.333 e. The second-order valence-corrected chi connectivity index (χ2v) is 1.92. The van der Waals surface area contributed by atoms with Gasteiger partial charge < -0.3 is 14.6 Å². The Hall–Kier alpha value is -1.36. The van der Waals surface area contributed by atoms with Crippen molar-refractivity contribution in [1.82, 2.24) is 0 Å². The van der Waals surface area contributed by atoms with Gasteiger partial charge in [-0.15, -0.1) is 0 Å². The molecule has 5 heteroatoms. The number of methoxy groups -OCH3 is 1. The molecule has 0 aliphatic heterocycles. The smallest absolute Gasteiger partial charge is 0.333 e. The Labute approximate surface area is 69.6 Å². The number of ether oxygens (including phenoxy) is 2. The van der Waals surface area contributed by atoms with E-state index < -0.39 is 18.7 Å². The summed E-state index contributed by atoms with van der Waals surface area (Å²) in [5.74, 6) is -1.38. The molecule has 0 saturated carbocycles. The fraction of sp³-hybridized carbons (Fsp3) is 0.429. The number of carbonyl (C=O) groups is 2. The standard InChI is InChI=1S/C7H10O5/c1-5(7(10)11-2)3-6(9)12-4-8/h8H,1,3-4H2,2H3. The lowest BCUT2D eigenvalue weighted by molar-refractivity contribution is -0.152. The van der Waals surface area contributed by atoms with Gasteiger partial charge >= 0.3 is 11.9 Å². The van der Waals surface area contributed by atoms with E-state index in [0.29, 0.717) is 0 Å². The molecule has 0 heterocycles. The molecule has 0 aliphatic rings. The van der Waals surface area contributed by atoms with Crippen LogP contribution >= 0.6 is 0 Å². The summed E-state index contributed by atoms with van der Waals surface area (Å²) in [6, 6.07) is 0. The minimum absolute atomic E-state index is 0.00375. The number of carbonyl (C=O) groups excluding carboxylic acids is 2. The summed E-state index contributed by atoms with van der Waals surface area (Å²) in [5, 5.41) is 8.16. The van der Waals surface area contributed by atoms with Crippen molar-refractivity contribution < 1.29 is 24.2 Å². The Bertz CT molecular complexity index is 196. The van der Waals surface area contributed by atoms with E-state index in [1.807, 2.05) is 0 Å². The topological polar surface area (TPSA) is 72.8 Å². The highest BCUT2D eigenvalue weighted by atomic mass is 16.6. The summed E-state index contributed by atoms with van der Waals surface area (Å²) >= 11 is 0. The fourth-order valence-corrected chi connectivity index (χ4v) is 0.514. The van der Waals surface area contributed by atoms with E-state index in [9.17, 15) is 9.59 Å². The highest BCUT2D eigenvalue weighted by Crippen LogP contribution is 2.01. The third kappa shape index (κ3) is 3.72. The number of hydrogen-bond donors (Lipinski definition) is 1. The monoisotopic (exact) mass is 174 g/mol. The highest BCUT2D eigenvalue weighted by Gasteiger charge is 2.12. The summed E-state index contributed by atoms with van der Waals surface area (Å²) in [5.41, 5.74) is -0.00375. The maximum absolute atomic E-state index is 10.7. The van der Waals surface area contributed by atoms with Gasteiger partial charge in [0.05, 0.1) is 13.5 Å². The van der Waals surface area contributed by atoms with Crippen molar-refractivity contribution in [3.05, 3.63) is 12.2 Å². The normalized spacial score (nSPS) is 8.83. The molecule has 0 unspecified atom stereocenters. The Kier molecular flexibility index (Phi) is 4.71. The molecule has 68 valence electrons. The lowest BCUT2D eigenvalue weighted by Gasteiger charge is -2.02. The average Bonchev–Trinajstić information content (AvgIpc) is 2.03. The van der Waals surface area contributed by atoms with Gasteiger partial charge in [-0.3, -0.25) is 4.79 Å². The summed E-state index contributed by atoms with van der Waals surface area (Å²) in [6.07, 6.45) is -0.271. The Morgan fingerprint density at radius 1 is 1.50 bits per heavy atom. The van der Waals surface area contributed by atoms with E-state index in [1.54, 1.807) is 0 Å². The van der Waals surface area contributed by atoms with Crippen LogP contribution in [0.1, 0.15) is 6.42 Å². The number of rotatable bonds is 4. The molecule has 0 amide bonds. The SMILES string of the molecule is C=C(CC(=O)OCO)C(=O)OC. The quantitative estimate of drug-likeness (QED) is 0.356. The van der Waals surface area contributed by atoms with Gasteiger partial charge in [-0.05, 0) is 0 Å². The average molecular weight is 174 g/mol. The van der Waals surface area contributed by atoms with Crippen molar-refractivity contribution in [3.63, 3.8) is 0 Å². The molecule has 0 spiro atoms. The van der Waals surface area contributed by atoms with E-state index in [1.165, 1.54) is 7.11 Å². The first-order chi connectivity index (χ1) is 5.61. The van der Waals surface area contributed by atoms with Gasteiger partial charge in [0.2, 0.25) is 0 Å². The number of hydrogen-bond acceptors (Lipinski definition) is 5. The number of aliphatic hydroxyl groups is 1. The van der Waals surface area contributed by atoms with E-state index in [4.69, 9.17) is 5.11 Å². The summed E-state index contributed by atoms with van der Waals surface area (Å²) < 4.78 is 8.44. The molecule has 0 aromatic rings. The predicted octanol–water partition coefficient (Wildman–Crippen LogP) is -0.401. The minimum Gasteiger partial charge on any atom is -0.466 e. The van der Waals surface area contributed by atoms with Crippen molar-refractivity contribution in [3.8, 4) is 0 Å². The molecule has 0 radical (unpaired) electrons. The van der Waals surface area contributed by atoms with E-state index in [-0.39, 0.29) is 12.0 Å². The van der Waals surface area contributed by atoms with Crippen LogP contribution < -0.4 is 0 Å². The molecule has 1 N–H and O–H groups in total.